The van der Waals surface area contributed by atoms with Crippen molar-refractivity contribution >= 4 is 23.3 Å². The van der Waals surface area contributed by atoms with E-state index >= 15 is 4.39 Å². The summed E-state index contributed by atoms with van der Waals surface area (Å²) in [4.78, 5) is 28.0. The van der Waals surface area contributed by atoms with Crippen LogP contribution in [-0.2, 0) is 17.0 Å². The van der Waals surface area contributed by atoms with Gasteiger partial charge in [-0.05, 0) is 18.2 Å². The lowest BCUT2D eigenvalue weighted by atomic mass is 9.81. The molecule has 1 amide bonds. The molecule has 3 rings (SSSR count). The molecular weight excluding hydrogens is 357 g/mol. The molecule has 1 N–H and O–H groups in total. The van der Waals surface area contributed by atoms with Crippen molar-refractivity contribution in [3.63, 3.8) is 0 Å². The fourth-order valence-electron chi connectivity index (χ4n) is 2.77. The summed E-state index contributed by atoms with van der Waals surface area (Å²) >= 11 is 5.53. The van der Waals surface area contributed by atoms with E-state index in [4.69, 9.17) is 11.6 Å². The highest BCUT2D eigenvalue weighted by Crippen LogP contribution is 2.38. The van der Waals surface area contributed by atoms with Crippen molar-refractivity contribution in [1.29, 1.82) is 0 Å². The molecular formula is C17H12ClF3N2O2. The molecule has 0 aliphatic heterocycles. The van der Waals surface area contributed by atoms with E-state index in [1.165, 1.54) is 18.3 Å². The number of rotatable bonds is 3. The molecule has 130 valence electrons. The molecule has 0 saturated carbocycles. The quantitative estimate of drug-likeness (QED) is 0.902. The molecule has 1 atom stereocenters. The second kappa shape index (κ2) is 6.48. The molecule has 8 heteroatoms. The molecule has 0 saturated heterocycles. The van der Waals surface area contributed by atoms with Crippen LogP contribution in [0.5, 0.6) is 0 Å². The van der Waals surface area contributed by atoms with Gasteiger partial charge in [0, 0.05) is 41.7 Å². The Kier molecular flexibility index (Phi) is 4.51. The second-order valence-electron chi connectivity index (χ2n) is 5.65. The predicted octanol–water partition coefficient (Wildman–Crippen LogP) is 3.47. The second-order valence-corrected chi connectivity index (χ2v) is 6.09. The van der Waals surface area contributed by atoms with E-state index in [-0.39, 0.29) is 34.9 Å². The van der Waals surface area contributed by atoms with Crippen LogP contribution in [0.1, 0.15) is 34.5 Å². The van der Waals surface area contributed by atoms with Gasteiger partial charge in [0.05, 0.1) is 0 Å². The van der Waals surface area contributed by atoms with Crippen molar-refractivity contribution in [2.45, 2.75) is 25.1 Å². The third kappa shape index (κ3) is 3.11. The number of benzene rings is 1. The Hall–Kier alpha value is -2.41. The third-order valence-electron chi connectivity index (χ3n) is 4.09. The van der Waals surface area contributed by atoms with Crippen LogP contribution >= 0.6 is 11.6 Å². The maximum atomic E-state index is 15.3. The van der Waals surface area contributed by atoms with Crippen molar-refractivity contribution < 1.29 is 22.8 Å². The minimum absolute atomic E-state index is 0.102. The molecule has 0 spiro atoms. The van der Waals surface area contributed by atoms with Crippen LogP contribution in [0.2, 0.25) is 5.02 Å². The fraction of sp³-hybridized carbons (Fsp3) is 0.235. The van der Waals surface area contributed by atoms with Crippen molar-refractivity contribution in [2.75, 3.05) is 0 Å². The number of nitrogens with zero attached hydrogens (tertiary/aromatic N) is 1. The van der Waals surface area contributed by atoms with E-state index in [0.717, 1.165) is 12.1 Å². The average Bonchev–Trinajstić information content (AvgIpc) is 2.57. The summed E-state index contributed by atoms with van der Waals surface area (Å²) in [6.45, 7) is -0.553. The van der Waals surface area contributed by atoms with Crippen molar-refractivity contribution in [1.82, 2.24) is 10.3 Å². The SMILES string of the molecule is O=C1CC[C@@](F)(C(=O)NCc2c(F)cc(Cl)cc2F)c2cccnc21. The zero-order chi connectivity index (χ0) is 18.2. The number of ketones is 1. The lowest BCUT2D eigenvalue weighted by Gasteiger charge is -2.29. The lowest BCUT2D eigenvalue weighted by Crippen LogP contribution is -2.44. The first-order valence-corrected chi connectivity index (χ1v) is 7.80. The third-order valence-corrected chi connectivity index (χ3v) is 4.30. The standard InChI is InChI=1S/C17H12ClF3N2O2/c18-9-6-12(19)10(13(20)7-9)8-23-16(25)17(21)4-3-14(24)15-11(17)2-1-5-22-15/h1-2,5-7H,3-4,8H2,(H,23,25)/t17-/m0/s1. The van der Waals surface area contributed by atoms with Gasteiger partial charge in [-0.1, -0.05) is 17.7 Å². The Bertz CT molecular complexity index is 852. The fourth-order valence-corrected chi connectivity index (χ4v) is 2.96. The summed E-state index contributed by atoms with van der Waals surface area (Å²) in [6, 6.07) is 4.52. The Balaban J connectivity index is 1.85. The van der Waals surface area contributed by atoms with Gasteiger partial charge >= 0.3 is 0 Å². The number of pyridine rings is 1. The highest BCUT2D eigenvalue weighted by molar-refractivity contribution is 6.30. The summed E-state index contributed by atoms with van der Waals surface area (Å²) in [7, 11) is 0. The molecule has 0 bridgehead atoms. The number of aromatic nitrogens is 1. The van der Waals surface area contributed by atoms with Crippen LogP contribution in [0, 0.1) is 11.6 Å². The summed E-state index contributed by atoms with van der Waals surface area (Å²) in [5.74, 6) is -3.33. The summed E-state index contributed by atoms with van der Waals surface area (Å²) < 4.78 is 42.8. The van der Waals surface area contributed by atoms with Crippen LogP contribution in [0.25, 0.3) is 0 Å². The number of carbonyl (C=O) groups is 2. The normalized spacial score (nSPS) is 19.4. The molecule has 1 aromatic carbocycles. The summed E-state index contributed by atoms with van der Waals surface area (Å²) in [6.07, 6.45) is 0.790. The van der Waals surface area contributed by atoms with E-state index in [2.05, 4.69) is 10.3 Å². The largest absolute Gasteiger partial charge is 0.349 e. The zero-order valence-corrected chi connectivity index (χ0v) is 13.5. The number of fused-ring (bicyclic) bond motifs is 1. The van der Waals surface area contributed by atoms with Crippen LogP contribution in [0.15, 0.2) is 30.5 Å². The topological polar surface area (TPSA) is 59.1 Å². The molecule has 1 heterocycles. The molecule has 0 radical (unpaired) electrons. The molecule has 0 unspecified atom stereocenters. The van der Waals surface area contributed by atoms with Gasteiger partial charge in [-0.2, -0.15) is 0 Å². The van der Waals surface area contributed by atoms with Crippen LogP contribution in [-0.4, -0.2) is 16.7 Å². The van der Waals surface area contributed by atoms with Gasteiger partial charge in [0.1, 0.15) is 17.3 Å². The van der Waals surface area contributed by atoms with Gasteiger partial charge < -0.3 is 5.32 Å². The van der Waals surface area contributed by atoms with Gasteiger partial charge in [0.2, 0.25) is 5.67 Å². The van der Waals surface area contributed by atoms with Crippen LogP contribution in [0.3, 0.4) is 0 Å². The number of halogens is 4. The highest BCUT2D eigenvalue weighted by atomic mass is 35.5. The summed E-state index contributed by atoms with van der Waals surface area (Å²) in [5, 5.41) is 2.06. The molecule has 1 aliphatic carbocycles. The number of alkyl halides is 1. The van der Waals surface area contributed by atoms with E-state index in [9.17, 15) is 18.4 Å². The molecule has 4 nitrogen and oxygen atoms in total. The molecule has 25 heavy (non-hydrogen) atoms. The maximum Gasteiger partial charge on any atom is 0.262 e. The monoisotopic (exact) mass is 368 g/mol. The lowest BCUT2D eigenvalue weighted by molar-refractivity contribution is -0.134. The number of nitrogens with one attached hydrogen (secondary N) is 1. The molecule has 2 aromatic rings. The molecule has 1 aliphatic rings. The van der Waals surface area contributed by atoms with E-state index < -0.39 is 35.3 Å². The Labute approximate surface area is 146 Å². The maximum absolute atomic E-state index is 15.3. The zero-order valence-electron chi connectivity index (χ0n) is 12.8. The minimum atomic E-state index is -2.49. The van der Waals surface area contributed by atoms with Crippen LogP contribution in [0.4, 0.5) is 13.2 Å². The highest BCUT2D eigenvalue weighted by Gasteiger charge is 2.46. The number of Topliss-reactive ketones (excluding diaryl/α,β-unsaturated/α-hetero) is 1. The van der Waals surface area contributed by atoms with Gasteiger partial charge in [-0.3, -0.25) is 14.6 Å². The Morgan fingerprint density at radius 2 is 2.00 bits per heavy atom. The number of hydrogen-bond donors (Lipinski definition) is 1. The van der Waals surface area contributed by atoms with E-state index in [0.29, 0.717) is 0 Å². The van der Waals surface area contributed by atoms with Gasteiger partial charge in [0.25, 0.3) is 5.91 Å². The van der Waals surface area contributed by atoms with Crippen molar-refractivity contribution in [3.8, 4) is 0 Å². The van der Waals surface area contributed by atoms with Crippen LogP contribution < -0.4 is 5.32 Å². The first-order chi connectivity index (χ1) is 11.8. The predicted molar refractivity (Wildman–Crippen MR) is 83.8 cm³/mol. The first-order valence-electron chi connectivity index (χ1n) is 7.42. The van der Waals surface area contributed by atoms with Crippen molar-refractivity contribution in [3.05, 3.63) is 63.9 Å². The number of carbonyl (C=O) groups excluding carboxylic acids is 2. The number of hydrogen-bond acceptors (Lipinski definition) is 3. The number of amides is 1. The Morgan fingerprint density at radius 3 is 2.68 bits per heavy atom. The van der Waals surface area contributed by atoms with E-state index in [1.807, 2.05) is 0 Å². The van der Waals surface area contributed by atoms with Gasteiger partial charge in [-0.25, -0.2) is 13.2 Å². The van der Waals surface area contributed by atoms with Gasteiger partial charge in [-0.15, -0.1) is 0 Å². The van der Waals surface area contributed by atoms with Crippen molar-refractivity contribution in [2.24, 2.45) is 0 Å². The minimum Gasteiger partial charge on any atom is -0.349 e. The Morgan fingerprint density at radius 1 is 1.32 bits per heavy atom. The van der Waals surface area contributed by atoms with E-state index in [1.54, 1.807) is 0 Å². The average molecular weight is 369 g/mol. The van der Waals surface area contributed by atoms with Gasteiger partial charge in [0.15, 0.2) is 5.78 Å². The molecule has 1 aromatic heterocycles. The smallest absolute Gasteiger partial charge is 0.262 e. The summed E-state index contributed by atoms with van der Waals surface area (Å²) in [5.41, 5.74) is -3.16. The molecule has 0 fully saturated rings. The first kappa shape index (κ1) is 17.4.